The molecule has 2 aliphatic rings. The molecule has 0 radical (unpaired) electrons. The minimum Gasteiger partial charge on any atom is -0.330 e. The lowest BCUT2D eigenvalue weighted by molar-refractivity contribution is 0.0491. The van der Waals surface area contributed by atoms with E-state index in [1.807, 2.05) is 0 Å². The van der Waals surface area contributed by atoms with E-state index in [2.05, 4.69) is 18.7 Å². The second-order valence-corrected chi connectivity index (χ2v) is 6.39. The van der Waals surface area contributed by atoms with Crippen molar-refractivity contribution in [1.29, 1.82) is 0 Å². The van der Waals surface area contributed by atoms with Gasteiger partial charge in [0, 0.05) is 12.6 Å². The highest BCUT2D eigenvalue weighted by atomic mass is 15.2. The molecule has 2 fully saturated rings. The molecule has 2 nitrogen and oxygen atoms in total. The van der Waals surface area contributed by atoms with Crippen molar-refractivity contribution in [1.82, 2.24) is 4.90 Å². The first-order valence-corrected chi connectivity index (χ1v) is 7.68. The zero-order valence-electron chi connectivity index (χ0n) is 11.7. The Labute approximate surface area is 107 Å². The Kier molecular flexibility index (Phi) is 4.87. The molecular weight excluding hydrogens is 208 g/mol. The van der Waals surface area contributed by atoms with E-state index in [-0.39, 0.29) is 0 Å². The zero-order chi connectivity index (χ0) is 12.3. The fourth-order valence-corrected chi connectivity index (χ4v) is 3.91. The smallest absolute Gasteiger partial charge is 0.0138 e. The lowest BCUT2D eigenvalue weighted by atomic mass is 9.76. The highest BCUT2D eigenvalue weighted by molar-refractivity contribution is 4.89. The van der Waals surface area contributed by atoms with Crippen LogP contribution in [-0.2, 0) is 0 Å². The summed E-state index contributed by atoms with van der Waals surface area (Å²) in [7, 11) is 0. The zero-order valence-corrected chi connectivity index (χ0v) is 11.7. The number of hydrogen-bond donors (Lipinski definition) is 1. The fourth-order valence-electron chi connectivity index (χ4n) is 3.91. The van der Waals surface area contributed by atoms with Crippen LogP contribution in [0.25, 0.3) is 0 Å². The number of nitrogens with zero attached hydrogens (tertiary/aromatic N) is 1. The van der Waals surface area contributed by atoms with Gasteiger partial charge in [-0.15, -0.1) is 0 Å². The molecule has 2 N–H and O–H groups in total. The number of nitrogens with two attached hydrogens (primary N) is 1. The number of likely N-dealkylation sites (tertiary alicyclic amines) is 1. The quantitative estimate of drug-likeness (QED) is 0.819. The maximum Gasteiger partial charge on any atom is 0.0138 e. The van der Waals surface area contributed by atoms with E-state index in [4.69, 9.17) is 5.73 Å². The molecule has 2 rings (SSSR count). The monoisotopic (exact) mass is 238 g/mol. The van der Waals surface area contributed by atoms with E-state index in [9.17, 15) is 0 Å². The van der Waals surface area contributed by atoms with Crippen molar-refractivity contribution in [3.63, 3.8) is 0 Å². The van der Waals surface area contributed by atoms with Crippen LogP contribution in [0.4, 0.5) is 0 Å². The van der Waals surface area contributed by atoms with E-state index >= 15 is 0 Å². The molecule has 1 saturated carbocycles. The van der Waals surface area contributed by atoms with Gasteiger partial charge >= 0.3 is 0 Å². The largest absolute Gasteiger partial charge is 0.330 e. The van der Waals surface area contributed by atoms with Gasteiger partial charge in [0.1, 0.15) is 0 Å². The second-order valence-electron chi connectivity index (χ2n) is 6.39. The van der Waals surface area contributed by atoms with Gasteiger partial charge in [-0.05, 0) is 56.5 Å². The van der Waals surface area contributed by atoms with Gasteiger partial charge in [-0.3, -0.25) is 4.90 Å². The van der Waals surface area contributed by atoms with Gasteiger partial charge in [-0.25, -0.2) is 0 Å². The van der Waals surface area contributed by atoms with Crippen molar-refractivity contribution in [3.8, 4) is 0 Å². The van der Waals surface area contributed by atoms with Crippen molar-refractivity contribution >= 4 is 0 Å². The SMILES string of the molecule is CCC1CCC(CN)C(N2CCCC(C)C2)C1. The Morgan fingerprint density at radius 3 is 2.71 bits per heavy atom. The minimum absolute atomic E-state index is 0.767. The molecule has 1 aliphatic heterocycles. The molecule has 100 valence electrons. The Morgan fingerprint density at radius 1 is 1.24 bits per heavy atom. The van der Waals surface area contributed by atoms with Crippen LogP contribution in [-0.4, -0.2) is 30.6 Å². The summed E-state index contributed by atoms with van der Waals surface area (Å²) in [5.41, 5.74) is 6.00. The summed E-state index contributed by atoms with van der Waals surface area (Å²) in [6, 6.07) is 0.793. The molecule has 1 aliphatic carbocycles. The van der Waals surface area contributed by atoms with Crippen LogP contribution in [0.5, 0.6) is 0 Å². The van der Waals surface area contributed by atoms with E-state index in [0.717, 1.165) is 30.3 Å². The Hall–Kier alpha value is -0.0800. The minimum atomic E-state index is 0.767. The summed E-state index contributed by atoms with van der Waals surface area (Å²) in [5, 5.41) is 0. The molecule has 2 heteroatoms. The summed E-state index contributed by atoms with van der Waals surface area (Å²) in [4.78, 5) is 2.77. The molecule has 0 aromatic carbocycles. The van der Waals surface area contributed by atoms with E-state index in [1.165, 1.54) is 51.6 Å². The van der Waals surface area contributed by atoms with Gasteiger partial charge in [0.25, 0.3) is 0 Å². The first-order valence-electron chi connectivity index (χ1n) is 7.68. The van der Waals surface area contributed by atoms with Crippen molar-refractivity contribution in [2.24, 2.45) is 23.5 Å². The molecule has 0 spiro atoms. The third-order valence-electron chi connectivity index (χ3n) is 5.10. The van der Waals surface area contributed by atoms with E-state index in [0.29, 0.717) is 0 Å². The van der Waals surface area contributed by atoms with Crippen molar-refractivity contribution in [2.45, 2.75) is 58.4 Å². The first-order chi connectivity index (χ1) is 8.24. The van der Waals surface area contributed by atoms with Crippen LogP contribution >= 0.6 is 0 Å². The van der Waals surface area contributed by atoms with E-state index < -0.39 is 0 Å². The van der Waals surface area contributed by atoms with Gasteiger partial charge in [0.15, 0.2) is 0 Å². The van der Waals surface area contributed by atoms with Crippen LogP contribution in [0, 0.1) is 17.8 Å². The van der Waals surface area contributed by atoms with Crippen LogP contribution in [0.15, 0.2) is 0 Å². The molecule has 4 atom stereocenters. The molecule has 0 aromatic heterocycles. The van der Waals surface area contributed by atoms with Crippen LogP contribution in [0.3, 0.4) is 0 Å². The van der Waals surface area contributed by atoms with Crippen LogP contribution < -0.4 is 5.73 Å². The number of piperidine rings is 1. The summed E-state index contributed by atoms with van der Waals surface area (Å²) >= 11 is 0. The maximum atomic E-state index is 6.00. The normalized spacial score (nSPS) is 40.4. The Morgan fingerprint density at radius 2 is 2.06 bits per heavy atom. The fraction of sp³-hybridized carbons (Fsp3) is 1.00. The van der Waals surface area contributed by atoms with Gasteiger partial charge in [-0.2, -0.15) is 0 Å². The van der Waals surface area contributed by atoms with Gasteiger partial charge in [0.2, 0.25) is 0 Å². The predicted molar refractivity (Wildman–Crippen MR) is 73.9 cm³/mol. The molecule has 4 unspecified atom stereocenters. The summed E-state index contributed by atoms with van der Waals surface area (Å²) in [6.07, 6.45) is 8.37. The third kappa shape index (κ3) is 3.23. The molecule has 1 saturated heterocycles. The number of hydrogen-bond acceptors (Lipinski definition) is 2. The van der Waals surface area contributed by atoms with Gasteiger partial charge < -0.3 is 5.73 Å². The average Bonchev–Trinajstić information content (AvgIpc) is 2.38. The summed E-state index contributed by atoms with van der Waals surface area (Å²) in [6.45, 7) is 8.29. The van der Waals surface area contributed by atoms with Crippen LogP contribution in [0.2, 0.25) is 0 Å². The number of rotatable bonds is 3. The maximum absolute atomic E-state index is 6.00. The average molecular weight is 238 g/mol. The topological polar surface area (TPSA) is 29.3 Å². The van der Waals surface area contributed by atoms with E-state index in [1.54, 1.807) is 0 Å². The van der Waals surface area contributed by atoms with Crippen molar-refractivity contribution in [2.75, 3.05) is 19.6 Å². The lowest BCUT2D eigenvalue weighted by Crippen LogP contribution is -2.50. The molecule has 17 heavy (non-hydrogen) atoms. The molecule has 0 aromatic rings. The van der Waals surface area contributed by atoms with Gasteiger partial charge in [-0.1, -0.05) is 26.7 Å². The second kappa shape index (κ2) is 6.19. The standard InChI is InChI=1S/C15H30N2/c1-3-13-6-7-14(10-16)15(9-13)17-8-4-5-12(2)11-17/h12-15H,3-11,16H2,1-2H3. The van der Waals surface area contributed by atoms with Gasteiger partial charge in [0.05, 0.1) is 0 Å². The van der Waals surface area contributed by atoms with Crippen molar-refractivity contribution < 1.29 is 0 Å². The highest BCUT2D eigenvalue weighted by Gasteiger charge is 2.34. The molecule has 0 bridgehead atoms. The summed E-state index contributed by atoms with van der Waals surface area (Å²) in [5.74, 6) is 2.62. The molecular formula is C15H30N2. The third-order valence-corrected chi connectivity index (χ3v) is 5.10. The Bertz CT molecular complexity index is 229. The highest BCUT2D eigenvalue weighted by Crippen LogP contribution is 2.35. The first kappa shape index (κ1) is 13.4. The predicted octanol–water partition coefficient (Wildman–Crippen LogP) is 2.87. The lowest BCUT2D eigenvalue weighted by Gasteiger charge is -2.45. The Balaban J connectivity index is 1.98. The summed E-state index contributed by atoms with van der Waals surface area (Å²) < 4.78 is 0. The molecule has 1 heterocycles. The molecule has 0 amide bonds. The van der Waals surface area contributed by atoms with Crippen molar-refractivity contribution in [3.05, 3.63) is 0 Å². The van der Waals surface area contributed by atoms with Crippen LogP contribution in [0.1, 0.15) is 52.4 Å².